The van der Waals surface area contributed by atoms with E-state index in [4.69, 9.17) is 4.98 Å². The number of fused-ring (bicyclic) bond motifs is 2. The normalized spacial score (nSPS) is 14.4. The highest BCUT2D eigenvalue weighted by Gasteiger charge is 2.18. The molecular formula is C30H26FN7. The van der Waals surface area contributed by atoms with Crippen LogP contribution >= 0.6 is 0 Å². The first-order valence-electron chi connectivity index (χ1n) is 13.0. The van der Waals surface area contributed by atoms with Crippen LogP contribution in [-0.4, -0.2) is 43.2 Å². The van der Waals surface area contributed by atoms with Crippen LogP contribution < -0.4 is 5.32 Å². The Morgan fingerprint density at radius 3 is 2.71 bits per heavy atom. The fourth-order valence-electron chi connectivity index (χ4n) is 5.48. The first-order valence-corrected chi connectivity index (χ1v) is 13.0. The molecule has 0 bridgehead atoms. The summed E-state index contributed by atoms with van der Waals surface area (Å²) in [4.78, 5) is 17.0. The summed E-state index contributed by atoms with van der Waals surface area (Å²) in [7, 11) is 0. The number of H-pyrrole nitrogens is 2. The zero-order chi connectivity index (χ0) is 25.5. The fraction of sp³-hybridized carbons (Fsp3) is 0.200. The highest BCUT2D eigenvalue weighted by Crippen LogP contribution is 2.33. The average Bonchev–Trinajstić information content (AvgIpc) is 3.58. The number of rotatable bonds is 5. The molecule has 1 saturated heterocycles. The number of aromatic nitrogens is 6. The van der Waals surface area contributed by atoms with Gasteiger partial charge < -0.3 is 10.3 Å². The van der Waals surface area contributed by atoms with E-state index in [9.17, 15) is 4.39 Å². The first-order chi connectivity index (χ1) is 18.7. The predicted molar refractivity (Wildman–Crippen MR) is 147 cm³/mol. The summed E-state index contributed by atoms with van der Waals surface area (Å²) in [5, 5.41) is 12.1. The number of nitrogens with zero attached hydrogens (tertiary/aromatic N) is 4. The van der Waals surface area contributed by atoms with E-state index < -0.39 is 0 Å². The second-order valence-corrected chi connectivity index (χ2v) is 9.93. The molecule has 1 aliphatic heterocycles. The standard InChI is InChI=1S/C30H26FN7/c31-25-4-2-1-3-22(25)23-9-12-34-29-27(23)35-30(36-29)28-24-15-20(5-6-26(24)37-38-28)21-14-19(16-33-17-21)13-18-7-10-32-11-8-18/h1-6,9,12,14-18,32H,7-8,10-11,13H2,(H,37,38)(H,34,35,36). The van der Waals surface area contributed by atoms with Gasteiger partial charge in [0.15, 0.2) is 11.5 Å². The average molecular weight is 504 g/mol. The van der Waals surface area contributed by atoms with Crippen molar-refractivity contribution in [3.05, 3.63) is 84.6 Å². The van der Waals surface area contributed by atoms with E-state index in [0.29, 0.717) is 39.7 Å². The zero-order valence-corrected chi connectivity index (χ0v) is 20.7. The monoisotopic (exact) mass is 503 g/mol. The van der Waals surface area contributed by atoms with Crippen molar-refractivity contribution in [2.24, 2.45) is 5.92 Å². The molecule has 0 aliphatic carbocycles. The minimum absolute atomic E-state index is 0.290. The van der Waals surface area contributed by atoms with Crippen molar-refractivity contribution in [1.82, 2.24) is 35.5 Å². The van der Waals surface area contributed by atoms with Gasteiger partial charge in [0.05, 0.1) is 11.0 Å². The smallest absolute Gasteiger partial charge is 0.178 e. The van der Waals surface area contributed by atoms with Crippen LogP contribution in [0.1, 0.15) is 18.4 Å². The van der Waals surface area contributed by atoms with Crippen molar-refractivity contribution in [2.45, 2.75) is 19.3 Å². The van der Waals surface area contributed by atoms with Crippen LogP contribution in [0.3, 0.4) is 0 Å². The number of benzene rings is 2. The van der Waals surface area contributed by atoms with Crippen molar-refractivity contribution < 1.29 is 4.39 Å². The molecule has 0 amide bonds. The second kappa shape index (κ2) is 9.46. The number of piperidine rings is 1. The number of aromatic amines is 2. The topological polar surface area (TPSA) is 95.2 Å². The van der Waals surface area contributed by atoms with E-state index in [0.717, 1.165) is 41.5 Å². The van der Waals surface area contributed by atoms with Gasteiger partial charge in [-0.3, -0.25) is 10.1 Å². The van der Waals surface area contributed by atoms with Crippen molar-refractivity contribution >= 4 is 22.1 Å². The molecule has 188 valence electrons. The Morgan fingerprint density at radius 2 is 1.82 bits per heavy atom. The summed E-state index contributed by atoms with van der Waals surface area (Å²) in [6, 6.07) is 17.0. The number of halogens is 1. The maximum absolute atomic E-state index is 14.6. The second-order valence-electron chi connectivity index (χ2n) is 9.93. The molecule has 1 fully saturated rings. The lowest BCUT2D eigenvalue weighted by molar-refractivity contribution is 0.372. The van der Waals surface area contributed by atoms with E-state index in [1.165, 1.54) is 24.5 Å². The number of pyridine rings is 2. The van der Waals surface area contributed by atoms with E-state index in [2.05, 4.69) is 48.7 Å². The maximum Gasteiger partial charge on any atom is 0.178 e. The number of hydrogen-bond acceptors (Lipinski definition) is 5. The summed E-state index contributed by atoms with van der Waals surface area (Å²) >= 11 is 0. The SMILES string of the molecule is Fc1ccccc1-c1ccnc2nc(-c3n[nH]c4ccc(-c5cncc(CC6CCNCC6)c5)cc34)[nH]c12. The van der Waals surface area contributed by atoms with Crippen LogP contribution in [0.4, 0.5) is 4.39 Å². The van der Waals surface area contributed by atoms with Gasteiger partial charge in [0.1, 0.15) is 11.5 Å². The third kappa shape index (κ3) is 4.13. The van der Waals surface area contributed by atoms with Crippen LogP contribution in [0.25, 0.3) is 55.8 Å². The molecule has 0 saturated carbocycles. The molecule has 7 rings (SSSR count). The van der Waals surface area contributed by atoms with E-state index in [1.807, 2.05) is 24.5 Å². The lowest BCUT2D eigenvalue weighted by Gasteiger charge is -2.22. The summed E-state index contributed by atoms with van der Waals surface area (Å²) < 4.78 is 14.6. The summed E-state index contributed by atoms with van der Waals surface area (Å²) in [6.07, 6.45) is 9.02. The van der Waals surface area contributed by atoms with Crippen molar-refractivity contribution in [3.63, 3.8) is 0 Å². The Morgan fingerprint density at radius 1 is 0.921 bits per heavy atom. The third-order valence-electron chi connectivity index (χ3n) is 7.45. The summed E-state index contributed by atoms with van der Waals surface area (Å²) in [5.41, 5.74) is 7.43. The lowest BCUT2D eigenvalue weighted by atomic mass is 9.91. The molecule has 3 N–H and O–H groups in total. The van der Waals surface area contributed by atoms with Gasteiger partial charge in [-0.15, -0.1) is 0 Å². The minimum Gasteiger partial charge on any atom is -0.335 e. The van der Waals surface area contributed by atoms with Gasteiger partial charge in [-0.25, -0.2) is 14.4 Å². The lowest BCUT2D eigenvalue weighted by Crippen LogP contribution is -2.28. The largest absolute Gasteiger partial charge is 0.335 e. The van der Waals surface area contributed by atoms with Gasteiger partial charge in [-0.1, -0.05) is 24.3 Å². The first kappa shape index (κ1) is 22.7. The van der Waals surface area contributed by atoms with Gasteiger partial charge >= 0.3 is 0 Å². The third-order valence-corrected chi connectivity index (χ3v) is 7.45. The molecule has 5 heterocycles. The van der Waals surface area contributed by atoms with Crippen LogP contribution in [-0.2, 0) is 6.42 Å². The summed E-state index contributed by atoms with van der Waals surface area (Å²) in [6.45, 7) is 2.19. The minimum atomic E-state index is -0.290. The highest BCUT2D eigenvalue weighted by molar-refractivity contribution is 5.97. The Hall–Kier alpha value is -4.43. The quantitative estimate of drug-likeness (QED) is 0.272. The molecule has 7 nitrogen and oxygen atoms in total. The van der Waals surface area contributed by atoms with Crippen molar-refractivity contribution in [1.29, 1.82) is 0 Å². The molecule has 38 heavy (non-hydrogen) atoms. The van der Waals surface area contributed by atoms with Crippen molar-refractivity contribution in [3.8, 4) is 33.8 Å². The molecule has 8 heteroatoms. The Labute approximate surface area is 218 Å². The maximum atomic E-state index is 14.6. The molecule has 4 aromatic heterocycles. The van der Waals surface area contributed by atoms with Gasteiger partial charge in [-0.05, 0) is 79.7 Å². The van der Waals surface area contributed by atoms with Crippen LogP contribution in [0.2, 0.25) is 0 Å². The highest BCUT2D eigenvalue weighted by atomic mass is 19.1. The van der Waals surface area contributed by atoms with Crippen LogP contribution in [0, 0.1) is 11.7 Å². The molecule has 0 atom stereocenters. The van der Waals surface area contributed by atoms with E-state index >= 15 is 0 Å². The number of hydrogen-bond donors (Lipinski definition) is 3. The van der Waals surface area contributed by atoms with Gasteiger partial charge in [0.2, 0.25) is 0 Å². The molecule has 1 aliphatic rings. The van der Waals surface area contributed by atoms with Gasteiger partial charge in [-0.2, -0.15) is 5.10 Å². The fourth-order valence-corrected chi connectivity index (χ4v) is 5.48. The van der Waals surface area contributed by atoms with E-state index in [1.54, 1.807) is 24.4 Å². The van der Waals surface area contributed by atoms with Crippen LogP contribution in [0.15, 0.2) is 73.2 Å². The number of imidazole rings is 1. The molecule has 2 aromatic carbocycles. The van der Waals surface area contributed by atoms with Gasteiger partial charge in [0, 0.05) is 40.7 Å². The predicted octanol–water partition coefficient (Wildman–Crippen LogP) is 5.91. The Balaban J connectivity index is 1.26. The Kier molecular flexibility index (Phi) is 5.66. The number of nitrogens with one attached hydrogen (secondary N) is 3. The Bertz CT molecular complexity index is 1760. The van der Waals surface area contributed by atoms with Crippen molar-refractivity contribution in [2.75, 3.05) is 13.1 Å². The molecule has 0 radical (unpaired) electrons. The molecule has 0 spiro atoms. The van der Waals surface area contributed by atoms with Gasteiger partial charge in [0.25, 0.3) is 0 Å². The van der Waals surface area contributed by atoms with E-state index in [-0.39, 0.29) is 5.82 Å². The van der Waals surface area contributed by atoms with Crippen LogP contribution in [0.5, 0.6) is 0 Å². The zero-order valence-electron chi connectivity index (χ0n) is 20.7. The molecular weight excluding hydrogens is 477 g/mol. The molecule has 0 unspecified atom stereocenters. The molecule has 6 aromatic rings. The summed E-state index contributed by atoms with van der Waals surface area (Å²) in [5.74, 6) is 0.992.